The van der Waals surface area contributed by atoms with Gasteiger partial charge in [-0.3, -0.25) is 19.2 Å². The molecule has 0 saturated carbocycles. The largest absolute Gasteiger partial charge is 0.368 e. The van der Waals surface area contributed by atoms with Crippen molar-refractivity contribution in [2.24, 2.45) is 11.7 Å². The van der Waals surface area contributed by atoms with Crippen LogP contribution in [0.3, 0.4) is 0 Å². The van der Waals surface area contributed by atoms with Gasteiger partial charge in [-0.2, -0.15) is 0 Å². The Morgan fingerprint density at radius 2 is 1.51 bits per heavy atom. The molecular weight excluding hydrogens is 559 g/mol. The van der Waals surface area contributed by atoms with Crippen LogP contribution in [-0.2, 0) is 14.8 Å². The molecule has 1 fully saturated rings. The van der Waals surface area contributed by atoms with Gasteiger partial charge in [-0.25, -0.2) is 8.42 Å². The van der Waals surface area contributed by atoms with Crippen molar-refractivity contribution >= 4 is 50.7 Å². The first-order chi connectivity index (χ1) is 18.3. The van der Waals surface area contributed by atoms with E-state index in [-0.39, 0.29) is 29.0 Å². The van der Waals surface area contributed by atoms with Crippen molar-refractivity contribution in [1.29, 1.82) is 0 Å². The molecule has 206 valence electrons. The van der Waals surface area contributed by atoms with Gasteiger partial charge >= 0.3 is 0 Å². The van der Waals surface area contributed by atoms with Crippen LogP contribution in [0.1, 0.15) is 41.4 Å². The van der Waals surface area contributed by atoms with Crippen LogP contribution in [0.15, 0.2) is 72.8 Å². The number of rotatable bonds is 10. The summed E-state index contributed by atoms with van der Waals surface area (Å²) >= 11 is 12.2. The first-order valence-electron chi connectivity index (χ1n) is 12.3. The van der Waals surface area contributed by atoms with Gasteiger partial charge in [0.15, 0.2) is 0 Å². The predicted octanol–water partition coefficient (Wildman–Crippen LogP) is 4.45. The molecule has 1 saturated heterocycles. The number of hydrogen-bond acceptors (Lipinski definition) is 5. The third-order valence-corrected chi connectivity index (χ3v) is 8.58. The summed E-state index contributed by atoms with van der Waals surface area (Å²) < 4.78 is 28.5. The highest BCUT2D eigenvalue weighted by atomic mass is 35.5. The quantitative estimate of drug-likeness (QED) is 0.323. The number of nitrogens with two attached hydrogens (primary N) is 1. The van der Waals surface area contributed by atoms with Crippen molar-refractivity contribution in [3.8, 4) is 0 Å². The number of benzene rings is 3. The van der Waals surface area contributed by atoms with Gasteiger partial charge in [-0.05, 0) is 67.4 Å². The molecule has 1 aliphatic rings. The van der Waals surface area contributed by atoms with E-state index >= 15 is 0 Å². The monoisotopic (exact) mass is 588 g/mol. The second-order valence-electron chi connectivity index (χ2n) is 10.2. The van der Waals surface area contributed by atoms with E-state index in [4.69, 9.17) is 28.9 Å². The van der Waals surface area contributed by atoms with Crippen LogP contribution in [0.5, 0.6) is 0 Å². The number of likely N-dealkylation sites (tertiary alicyclic amines) is 1. The third-order valence-electron chi connectivity index (χ3n) is 6.62. The van der Waals surface area contributed by atoms with Crippen molar-refractivity contribution in [3.05, 3.63) is 99.5 Å². The summed E-state index contributed by atoms with van der Waals surface area (Å²) in [4.78, 5) is 26.3. The molecular formula is C28H30Cl2N4O4S. The fourth-order valence-corrected chi connectivity index (χ4v) is 6.16. The Morgan fingerprint density at radius 1 is 0.974 bits per heavy atom. The van der Waals surface area contributed by atoms with Gasteiger partial charge in [0.05, 0.1) is 11.8 Å². The molecule has 0 radical (unpaired) electrons. The molecule has 3 aromatic carbocycles. The van der Waals surface area contributed by atoms with Crippen LogP contribution in [0, 0.1) is 5.92 Å². The van der Waals surface area contributed by atoms with Gasteiger partial charge in [0.25, 0.3) is 5.91 Å². The SMILES string of the molecule is CC(C)(NC(=O)c1cccc(NS(=O)(=O)CC2CN(C(c3ccc(Cl)cc3)c3ccc(Cl)cc3)C2)c1)C(N)=O. The maximum atomic E-state index is 13.0. The number of carbonyl (C=O) groups is 2. The zero-order valence-electron chi connectivity index (χ0n) is 21.5. The summed E-state index contributed by atoms with van der Waals surface area (Å²) in [5, 5.41) is 3.84. The molecule has 1 aliphatic heterocycles. The lowest BCUT2D eigenvalue weighted by Gasteiger charge is -2.44. The molecule has 0 spiro atoms. The van der Waals surface area contributed by atoms with Gasteiger partial charge in [0.2, 0.25) is 15.9 Å². The van der Waals surface area contributed by atoms with Crippen LogP contribution < -0.4 is 15.8 Å². The van der Waals surface area contributed by atoms with Gasteiger partial charge in [-0.15, -0.1) is 0 Å². The lowest BCUT2D eigenvalue weighted by molar-refractivity contribution is -0.122. The summed E-state index contributed by atoms with van der Waals surface area (Å²) in [6, 6.07) is 21.3. The number of hydrogen-bond donors (Lipinski definition) is 3. The number of nitrogens with one attached hydrogen (secondary N) is 2. The second-order valence-corrected chi connectivity index (χ2v) is 12.9. The summed E-state index contributed by atoms with van der Waals surface area (Å²) in [5.74, 6) is -1.36. The van der Waals surface area contributed by atoms with E-state index in [1.807, 2.05) is 48.5 Å². The molecule has 0 unspecified atom stereocenters. The first-order valence-corrected chi connectivity index (χ1v) is 14.7. The summed E-state index contributed by atoms with van der Waals surface area (Å²) in [7, 11) is -3.69. The maximum Gasteiger partial charge on any atom is 0.252 e. The minimum absolute atomic E-state index is 0.0636. The lowest BCUT2D eigenvalue weighted by Crippen LogP contribution is -2.53. The molecule has 39 heavy (non-hydrogen) atoms. The highest BCUT2D eigenvalue weighted by molar-refractivity contribution is 7.92. The molecule has 0 atom stereocenters. The summed E-state index contributed by atoms with van der Waals surface area (Å²) in [6.45, 7) is 4.15. The number of carbonyl (C=O) groups excluding carboxylic acids is 2. The third kappa shape index (κ3) is 7.30. The van der Waals surface area contributed by atoms with Gasteiger partial charge in [-0.1, -0.05) is 53.5 Å². The zero-order chi connectivity index (χ0) is 28.4. The van der Waals surface area contributed by atoms with Crippen LogP contribution in [-0.4, -0.2) is 49.5 Å². The van der Waals surface area contributed by atoms with E-state index in [0.29, 0.717) is 23.1 Å². The van der Waals surface area contributed by atoms with Gasteiger partial charge < -0.3 is 11.1 Å². The highest BCUT2D eigenvalue weighted by Crippen LogP contribution is 2.36. The van der Waals surface area contributed by atoms with Crippen molar-refractivity contribution in [3.63, 3.8) is 0 Å². The molecule has 8 nitrogen and oxygen atoms in total. The molecule has 4 rings (SSSR count). The van der Waals surface area contributed by atoms with E-state index in [9.17, 15) is 18.0 Å². The molecule has 2 amide bonds. The Morgan fingerprint density at radius 3 is 2.03 bits per heavy atom. The molecule has 0 aliphatic carbocycles. The topological polar surface area (TPSA) is 122 Å². The number of sulfonamides is 1. The fourth-order valence-electron chi connectivity index (χ4n) is 4.50. The number of anilines is 1. The normalized spacial score (nSPS) is 14.6. The van der Waals surface area contributed by atoms with E-state index in [2.05, 4.69) is 14.9 Å². The highest BCUT2D eigenvalue weighted by Gasteiger charge is 2.36. The number of primary amides is 1. The van der Waals surface area contributed by atoms with Crippen LogP contribution in [0.2, 0.25) is 10.0 Å². The second kappa shape index (κ2) is 11.6. The first kappa shape index (κ1) is 28.9. The Balaban J connectivity index is 1.41. The van der Waals surface area contributed by atoms with Crippen molar-refractivity contribution in [2.75, 3.05) is 23.6 Å². The minimum Gasteiger partial charge on any atom is -0.368 e. The molecule has 4 N–H and O–H groups in total. The Labute approximate surface area is 238 Å². The van der Waals surface area contributed by atoms with E-state index in [0.717, 1.165) is 11.1 Å². The zero-order valence-corrected chi connectivity index (χ0v) is 23.9. The minimum atomic E-state index is -3.69. The van der Waals surface area contributed by atoms with E-state index in [1.54, 1.807) is 12.1 Å². The summed E-state index contributed by atoms with van der Waals surface area (Å²) in [6.07, 6.45) is 0. The van der Waals surface area contributed by atoms with E-state index in [1.165, 1.54) is 26.0 Å². The van der Waals surface area contributed by atoms with E-state index < -0.39 is 27.4 Å². The molecule has 0 aromatic heterocycles. The standard InChI is InChI=1S/C28H30Cl2N4O4S/c1-28(2,27(31)36)32-26(35)21-4-3-5-24(14-21)33-39(37,38)17-18-15-34(16-18)25(19-6-10-22(29)11-7-19)20-8-12-23(30)13-9-20/h3-14,18,25,33H,15-17H2,1-2H3,(H2,31,36)(H,32,35). The fraction of sp³-hybridized carbons (Fsp3) is 0.286. The number of amides is 2. The van der Waals surface area contributed by atoms with Crippen LogP contribution in [0.4, 0.5) is 5.69 Å². The predicted molar refractivity (Wildman–Crippen MR) is 154 cm³/mol. The Bertz CT molecular complexity index is 1410. The molecule has 0 bridgehead atoms. The average Bonchev–Trinajstić information content (AvgIpc) is 2.84. The van der Waals surface area contributed by atoms with Crippen LogP contribution in [0.25, 0.3) is 0 Å². The number of halogens is 2. The Hall–Kier alpha value is -3.11. The van der Waals surface area contributed by atoms with Crippen LogP contribution >= 0.6 is 23.2 Å². The summed E-state index contributed by atoms with van der Waals surface area (Å²) in [5.41, 5.74) is 6.64. The number of nitrogens with zero attached hydrogens (tertiary/aromatic N) is 1. The Kier molecular flexibility index (Phi) is 8.56. The van der Waals surface area contributed by atoms with Crippen molar-refractivity contribution in [2.45, 2.75) is 25.4 Å². The maximum absolute atomic E-state index is 13.0. The molecule has 1 heterocycles. The van der Waals surface area contributed by atoms with Gasteiger partial charge in [0, 0.05) is 40.3 Å². The molecule has 11 heteroatoms. The van der Waals surface area contributed by atoms with Crippen molar-refractivity contribution in [1.82, 2.24) is 10.2 Å². The average molecular weight is 590 g/mol. The van der Waals surface area contributed by atoms with Crippen molar-refractivity contribution < 1.29 is 18.0 Å². The lowest BCUT2D eigenvalue weighted by atomic mass is 9.91. The smallest absolute Gasteiger partial charge is 0.252 e. The van der Waals surface area contributed by atoms with Gasteiger partial charge in [0.1, 0.15) is 5.54 Å². The molecule has 3 aromatic rings.